The average molecular weight is 251 g/mol. The van der Waals surface area contributed by atoms with Crippen molar-refractivity contribution in [2.24, 2.45) is 0 Å². The zero-order valence-corrected chi connectivity index (χ0v) is 10.7. The van der Waals surface area contributed by atoms with Gasteiger partial charge in [-0.05, 0) is 31.4 Å². The molecule has 0 radical (unpaired) electrons. The molecule has 18 heavy (non-hydrogen) atoms. The lowest BCUT2D eigenvalue weighted by atomic mass is 9.89. The molecule has 0 saturated heterocycles. The van der Waals surface area contributed by atoms with Gasteiger partial charge in [-0.25, -0.2) is 0 Å². The summed E-state index contributed by atoms with van der Waals surface area (Å²) in [6.45, 7) is 2.77. The van der Waals surface area contributed by atoms with Crippen LogP contribution in [0.15, 0.2) is 24.3 Å². The predicted molar refractivity (Wildman–Crippen MR) is 69.7 cm³/mol. The maximum atomic E-state index is 9.79. The first kappa shape index (κ1) is 13.3. The van der Waals surface area contributed by atoms with Crippen LogP contribution in [0.3, 0.4) is 0 Å². The first-order valence-electron chi connectivity index (χ1n) is 6.43. The van der Waals surface area contributed by atoms with Gasteiger partial charge in [-0.3, -0.25) is 0 Å². The molecule has 1 atom stereocenters. The Balaban J connectivity index is 1.65. The monoisotopic (exact) mass is 251 g/mol. The molecule has 1 aromatic carbocycles. The molecule has 0 spiro atoms. The summed E-state index contributed by atoms with van der Waals surface area (Å²) in [7, 11) is 0. The summed E-state index contributed by atoms with van der Waals surface area (Å²) in [6.07, 6.45) is 0.877. The fraction of sp³-hybridized carbons (Fsp3) is 0.571. The molecular weight excluding hydrogens is 230 g/mol. The number of ether oxygens (including phenoxy) is 1. The highest BCUT2D eigenvalue weighted by molar-refractivity contribution is 5.31. The maximum absolute atomic E-state index is 9.79. The van der Waals surface area contributed by atoms with Crippen molar-refractivity contribution >= 4 is 0 Å². The summed E-state index contributed by atoms with van der Waals surface area (Å²) in [5.41, 5.74) is 1.07. The number of rotatable bonds is 6. The van der Waals surface area contributed by atoms with Crippen molar-refractivity contribution in [2.45, 2.75) is 38.0 Å². The van der Waals surface area contributed by atoms with Gasteiger partial charge in [0.1, 0.15) is 18.5 Å². The molecule has 1 aliphatic carbocycles. The van der Waals surface area contributed by atoms with Crippen molar-refractivity contribution in [3.8, 4) is 5.75 Å². The molecule has 1 aromatic rings. The first-order chi connectivity index (χ1) is 8.65. The normalized spacial score (nSPS) is 24.4. The van der Waals surface area contributed by atoms with E-state index in [1.54, 1.807) is 0 Å². The minimum Gasteiger partial charge on any atom is -0.491 e. The van der Waals surface area contributed by atoms with Gasteiger partial charge in [0, 0.05) is 12.6 Å². The number of aliphatic hydroxyl groups excluding tert-OH is 2. The fourth-order valence-corrected chi connectivity index (χ4v) is 2.02. The third-order valence-electron chi connectivity index (χ3n) is 3.28. The van der Waals surface area contributed by atoms with E-state index in [1.165, 1.54) is 0 Å². The van der Waals surface area contributed by atoms with Crippen LogP contribution in [-0.2, 0) is 0 Å². The molecule has 0 amide bonds. The molecule has 1 unspecified atom stereocenters. The second-order valence-electron chi connectivity index (χ2n) is 4.96. The molecule has 4 nitrogen and oxygen atoms in total. The Hall–Kier alpha value is -1.10. The number of aryl methyl sites for hydroxylation is 1. The van der Waals surface area contributed by atoms with E-state index in [2.05, 4.69) is 5.32 Å². The maximum Gasteiger partial charge on any atom is 0.122 e. The number of benzene rings is 1. The van der Waals surface area contributed by atoms with Gasteiger partial charge < -0.3 is 20.3 Å². The highest BCUT2D eigenvalue weighted by Gasteiger charge is 2.26. The van der Waals surface area contributed by atoms with Gasteiger partial charge in [-0.15, -0.1) is 0 Å². The second-order valence-corrected chi connectivity index (χ2v) is 4.96. The van der Waals surface area contributed by atoms with Crippen LogP contribution in [0.4, 0.5) is 0 Å². The number of para-hydroxylation sites is 1. The van der Waals surface area contributed by atoms with E-state index in [0.717, 1.165) is 24.2 Å². The molecule has 4 heteroatoms. The quantitative estimate of drug-likeness (QED) is 0.701. The van der Waals surface area contributed by atoms with Crippen LogP contribution in [0, 0.1) is 6.92 Å². The van der Waals surface area contributed by atoms with Gasteiger partial charge >= 0.3 is 0 Å². The summed E-state index contributed by atoms with van der Waals surface area (Å²) < 4.78 is 5.56. The molecule has 3 N–H and O–H groups in total. The summed E-state index contributed by atoms with van der Waals surface area (Å²) >= 11 is 0. The van der Waals surface area contributed by atoms with Gasteiger partial charge in [0.05, 0.1) is 6.10 Å². The Morgan fingerprint density at radius 2 is 2.11 bits per heavy atom. The van der Waals surface area contributed by atoms with Gasteiger partial charge in [0.2, 0.25) is 0 Å². The van der Waals surface area contributed by atoms with Gasteiger partial charge in [-0.2, -0.15) is 0 Å². The molecule has 1 fully saturated rings. The number of nitrogens with one attached hydrogen (secondary N) is 1. The van der Waals surface area contributed by atoms with Crippen LogP contribution in [0.1, 0.15) is 18.4 Å². The van der Waals surface area contributed by atoms with Crippen molar-refractivity contribution in [1.82, 2.24) is 5.32 Å². The Labute approximate surface area is 108 Å². The lowest BCUT2D eigenvalue weighted by Crippen LogP contribution is -2.47. The van der Waals surface area contributed by atoms with Crippen LogP contribution >= 0.6 is 0 Å². The highest BCUT2D eigenvalue weighted by atomic mass is 16.5. The summed E-state index contributed by atoms with van der Waals surface area (Å²) in [5.74, 6) is 0.815. The van der Waals surface area contributed by atoms with Crippen molar-refractivity contribution in [3.63, 3.8) is 0 Å². The van der Waals surface area contributed by atoms with E-state index in [1.807, 2.05) is 31.2 Å². The third-order valence-corrected chi connectivity index (χ3v) is 3.28. The lowest BCUT2D eigenvalue weighted by molar-refractivity contribution is 0.0487. The van der Waals surface area contributed by atoms with Gasteiger partial charge in [0.25, 0.3) is 0 Å². The number of hydrogen-bond donors (Lipinski definition) is 3. The SMILES string of the molecule is Cc1ccccc1OCC(O)CNC1CC(O)C1. The van der Waals surface area contributed by atoms with Crippen LogP contribution in [-0.4, -0.2) is 41.6 Å². The van der Waals surface area contributed by atoms with E-state index in [-0.39, 0.29) is 12.7 Å². The minimum atomic E-state index is -0.526. The Morgan fingerprint density at radius 1 is 1.39 bits per heavy atom. The molecule has 1 aliphatic rings. The second kappa shape index (κ2) is 6.18. The molecule has 0 heterocycles. The van der Waals surface area contributed by atoms with E-state index in [4.69, 9.17) is 9.84 Å². The van der Waals surface area contributed by atoms with Gasteiger partial charge in [-0.1, -0.05) is 18.2 Å². The topological polar surface area (TPSA) is 61.7 Å². The standard InChI is InChI=1S/C14H21NO3/c1-10-4-2-3-5-14(10)18-9-13(17)8-15-11-6-12(16)7-11/h2-5,11-13,15-17H,6-9H2,1H3. The molecular formula is C14H21NO3. The Bertz CT molecular complexity index is 377. The van der Waals surface area contributed by atoms with E-state index in [9.17, 15) is 5.11 Å². The Kier molecular flexibility index (Phi) is 4.58. The molecule has 100 valence electrons. The van der Waals surface area contributed by atoms with Crippen molar-refractivity contribution in [2.75, 3.05) is 13.2 Å². The molecule has 0 aliphatic heterocycles. The van der Waals surface area contributed by atoms with Crippen LogP contribution < -0.4 is 10.1 Å². The lowest BCUT2D eigenvalue weighted by Gasteiger charge is -2.32. The number of hydrogen-bond acceptors (Lipinski definition) is 4. The van der Waals surface area contributed by atoms with E-state index >= 15 is 0 Å². The third kappa shape index (κ3) is 3.70. The Morgan fingerprint density at radius 3 is 2.78 bits per heavy atom. The zero-order chi connectivity index (χ0) is 13.0. The number of aliphatic hydroxyl groups is 2. The van der Waals surface area contributed by atoms with Crippen LogP contribution in [0.5, 0.6) is 5.75 Å². The van der Waals surface area contributed by atoms with Crippen molar-refractivity contribution in [3.05, 3.63) is 29.8 Å². The summed E-state index contributed by atoms with van der Waals surface area (Å²) in [6, 6.07) is 8.10. The molecule has 2 rings (SSSR count). The molecule has 0 bridgehead atoms. The predicted octanol–water partition coefficient (Wildman–Crippen LogP) is 0.848. The van der Waals surface area contributed by atoms with Crippen LogP contribution in [0.2, 0.25) is 0 Å². The zero-order valence-electron chi connectivity index (χ0n) is 10.7. The molecule has 1 saturated carbocycles. The average Bonchev–Trinajstić information content (AvgIpc) is 2.32. The van der Waals surface area contributed by atoms with Crippen molar-refractivity contribution in [1.29, 1.82) is 0 Å². The highest BCUT2D eigenvalue weighted by Crippen LogP contribution is 2.19. The largest absolute Gasteiger partial charge is 0.491 e. The first-order valence-corrected chi connectivity index (χ1v) is 6.43. The van der Waals surface area contributed by atoms with Crippen molar-refractivity contribution < 1.29 is 14.9 Å². The summed E-state index contributed by atoms with van der Waals surface area (Å²) in [4.78, 5) is 0. The minimum absolute atomic E-state index is 0.164. The van der Waals surface area contributed by atoms with E-state index < -0.39 is 6.10 Å². The fourth-order valence-electron chi connectivity index (χ4n) is 2.02. The summed E-state index contributed by atoms with van der Waals surface area (Å²) in [5, 5.41) is 22.1. The van der Waals surface area contributed by atoms with Crippen LogP contribution in [0.25, 0.3) is 0 Å². The van der Waals surface area contributed by atoms with E-state index in [0.29, 0.717) is 12.6 Å². The molecule has 0 aromatic heterocycles. The van der Waals surface area contributed by atoms with Gasteiger partial charge in [0.15, 0.2) is 0 Å². The smallest absolute Gasteiger partial charge is 0.122 e.